The molecule has 0 atom stereocenters. The van der Waals surface area contributed by atoms with Crippen LogP contribution in [-0.4, -0.2) is 33.3 Å². The van der Waals surface area contributed by atoms with Gasteiger partial charge in [-0.15, -0.1) is 0 Å². The summed E-state index contributed by atoms with van der Waals surface area (Å²) in [7, 11) is 4.06. The summed E-state index contributed by atoms with van der Waals surface area (Å²) in [5, 5.41) is 0. The van der Waals surface area contributed by atoms with Gasteiger partial charge < -0.3 is 18.9 Å². The van der Waals surface area contributed by atoms with E-state index in [2.05, 4.69) is 0 Å². The van der Waals surface area contributed by atoms with E-state index in [1.54, 1.807) is 19.2 Å². The van der Waals surface area contributed by atoms with E-state index in [9.17, 15) is 9.59 Å². The predicted molar refractivity (Wildman–Crippen MR) is 86.4 cm³/mol. The van der Waals surface area contributed by atoms with Gasteiger partial charge in [-0.3, -0.25) is 0 Å². The van der Waals surface area contributed by atoms with Crippen molar-refractivity contribution in [1.29, 1.82) is 0 Å². The maximum absolute atomic E-state index is 12.1. The number of methoxy groups -OCH3 is 3. The van der Waals surface area contributed by atoms with E-state index < -0.39 is 11.9 Å². The predicted octanol–water partition coefficient (Wildman–Crippen LogP) is 2.85. The Kier molecular flexibility index (Phi) is 5.78. The molecule has 2 rings (SSSR count). The lowest BCUT2D eigenvalue weighted by Crippen LogP contribution is -2.14. The molecule has 0 aliphatic heterocycles. The normalized spacial score (nSPS) is 9.96. The van der Waals surface area contributed by atoms with E-state index in [-0.39, 0.29) is 23.5 Å². The molecule has 0 fully saturated rings. The fraction of sp³-hybridized carbons (Fsp3) is 0.222. The molecule has 6 nitrogen and oxygen atoms in total. The van der Waals surface area contributed by atoms with E-state index in [1.165, 1.54) is 20.3 Å². The fourth-order valence-corrected chi connectivity index (χ4v) is 2.17. The molecule has 0 aliphatic carbocycles. The van der Waals surface area contributed by atoms with E-state index in [1.807, 2.05) is 24.3 Å². The van der Waals surface area contributed by atoms with Crippen LogP contribution in [0, 0.1) is 0 Å². The second-order valence-electron chi connectivity index (χ2n) is 4.80. The van der Waals surface area contributed by atoms with Crippen LogP contribution >= 0.6 is 0 Å². The van der Waals surface area contributed by atoms with Gasteiger partial charge in [-0.1, -0.05) is 18.2 Å². The van der Waals surface area contributed by atoms with Crippen molar-refractivity contribution in [2.45, 2.75) is 6.61 Å². The Morgan fingerprint density at radius 2 is 1.62 bits per heavy atom. The van der Waals surface area contributed by atoms with Crippen LogP contribution in [0.25, 0.3) is 0 Å². The molecule has 0 saturated carbocycles. The van der Waals surface area contributed by atoms with Crippen LogP contribution in [0.3, 0.4) is 0 Å². The number of carbonyl (C=O) groups is 2. The van der Waals surface area contributed by atoms with Gasteiger partial charge in [0.2, 0.25) is 0 Å². The van der Waals surface area contributed by atoms with Gasteiger partial charge in [0.1, 0.15) is 23.7 Å². The molecule has 0 N–H and O–H groups in total. The number of ether oxygens (including phenoxy) is 4. The first-order chi connectivity index (χ1) is 11.6. The van der Waals surface area contributed by atoms with Crippen LogP contribution in [0.4, 0.5) is 0 Å². The summed E-state index contributed by atoms with van der Waals surface area (Å²) in [5.41, 5.74) is 0.982. The van der Waals surface area contributed by atoms with E-state index >= 15 is 0 Å². The van der Waals surface area contributed by atoms with Crippen LogP contribution < -0.4 is 9.47 Å². The summed E-state index contributed by atoms with van der Waals surface area (Å²) in [4.78, 5) is 23.9. The SMILES string of the molecule is COC(=O)c1cccc(OCc2cccc(OC)c2)c1C(=O)OC. The van der Waals surface area contributed by atoms with Crippen LogP contribution in [0.15, 0.2) is 42.5 Å². The number of benzene rings is 2. The summed E-state index contributed by atoms with van der Waals surface area (Å²) in [6, 6.07) is 12.0. The third-order valence-electron chi connectivity index (χ3n) is 3.35. The third-order valence-corrected chi connectivity index (χ3v) is 3.35. The van der Waals surface area contributed by atoms with Crippen molar-refractivity contribution in [3.05, 3.63) is 59.2 Å². The molecule has 6 heteroatoms. The van der Waals surface area contributed by atoms with Crippen LogP contribution in [0.1, 0.15) is 26.3 Å². The second-order valence-corrected chi connectivity index (χ2v) is 4.80. The van der Waals surface area contributed by atoms with E-state index in [4.69, 9.17) is 18.9 Å². The van der Waals surface area contributed by atoms with Gasteiger partial charge in [-0.2, -0.15) is 0 Å². The number of hydrogen-bond donors (Lipinski definition) is 0. The molecule has 0 bridgehead atoms. The Morgan fingerprint density at radius 3 is 2.29 bits per heavy atom. The van der Waals surface area contributed by atoms with Gasteiger partial charge >= 0.3 is 11.9 Å². The van der Waals surface area contributed by atoms with Crippen molar-refractivity contribution < 1.29 is 28.5 Å². The molecule has 0 radical (unpaired) electrons. The minimum atomic E-state index is -0.670. The maximum Gasteiger partial charge on any atom is 0.342 e. The minimum Gasteiger partial charge on any atom is -0.497 e. The topological polar surface area (TPSA) is 71.1 Å². The summed E-state index contributed by atoms with van der Waals surface area (Å²) in [6.07, 6.45) is 0. The van der Waals surface area contributed by atoms with Gasteiger partial charge in [0.15, 0.2) is 0 Å². The van der Waals surface area contributed by atoms with Gasteiger partial charge in [-0.25, -0.2) is 9.59 Å². The van der Waals surface area contributed by atoms with E-state index in [0.717, 1.165) is 5.56 Å². The highest BCUT2D eigenvalue weighted by Gasteiger charge is 2.23. The fourth-order valence-electron chi connectivity index (χ4n) is 2.17. The first kappa shape index (κ1) is 17.3. The first-order valence-corrected chi connectivity index (χ1v) is 7.16. The zero-order valence-corrected chi connectivity index (χ0v) is 13.7. The smallest absolute Gasteiger partial charge is 0.342 e. The van der Waals surface area contributed by atoms with Gasteiger partial charge in [-0.05, 0) is 29.8 Å². The zero-order chi connectivity index (χ0) is 17.5. The molecule has 0 aliphatic rings. The molecule has 0 aromatic heterocycles. The largest absolute Gasteiger partial charge is 0.497 e. The Balaban J connectivity index is 2.31. The Labute approximate surface area is 139 Å². The zero-order valence-electron chi connectivity index (χ0n) is 13.7. The van der Waals surface area contributed by atoms with Gasteiger partial charge in [0, 0.05) is 0 Å². The minimum absolute atomic E-state index is 0.0368. The van der Waals surface area contributed by atoms with Crippen LogP contribution in [-0.2, 0) is 16.1 Å². The summed E-state index contributed by atoms with van der Waals surface area (Å²) in [5.74, 6) is -0.362. The Hall–Kier alpha value is -3.02. The van der Waals surface area contributed by atoms with Crippen molar-refractivity contribution in [2.24, 2.45) is 0 Å². The van der Waals surface area contributed by atoms with Crippen molar-refractivity contribution in [3.63, 3.8) is 0 Å². The molecule has 0 amide bonds. The molecule has 0 saturated heterocycles. The highest BCUT2D eigenvalue weighted by molar-refractivity contribution is 6.05. The average Bonchev–Trinajstić information content (AvgIpc) is 2.64. The third kappa shape index (κ3) is 3.84. The molecular weight excluding hydrogens is 312 g/mol. The van der Waals surface area contributed by atoms with Gasteiger partial charge in [0.05, 0.1) is 26.9 Å². The van der Waals surface area contributed by atoms with Crippen molar-refractivity contribution in [3.8, 4) is 11.5 Å². The molecular formula is C18H18O6. The van der Waals surface area contributed by atoms with Gasteiger partial charge in [0.25, 0.3) is 0 Å². The lowest BCUT2D eigenvalue weighted by atomic mass is 10.1. The van der Waals surface area contributed by atoms with Crippen LogP contribution in [0.2, 0.25) is 0 Å². The standard InChI is InChI=1S/C18H18O6/c1-21-13-7-4-6-12(10-13)11-24-15-9-5-8-14(17(19)22-2)16(15)18(20)23-3/h4-10H,11H2,1-3H3. The van der Waals surface area contributed by atoms with Crippen LogP contribution in [0.5, 0.6) is 11.5 Å². The summed E-state index contributed by atoms with van der Waals surface area (Å²) >= 11 is 0. The molecule has 126 valence electrons. The lowest BCUT2D eigenvalue weighted by molar-refractivity contribution is 0.0550. The molecule has 0 heterocycles. The first-order valence-electron chi connectivity index (χ1n) is 7.16. The number of rotatable bonds is 6. The maximum atomic E-state index is 12.1. The monoisotopic (exact) mass is 330 g/mol. The number of hydrogen-bond acceptors (Lipinski definition) is 6. The molecule has 0 spiro atoms. The highest BCUT2D eigenvalue weighted by Crippen LogP contribution is 2.25. The Bertz CT molecular complexity index is 738. The van der Waals surface area contributed by atoms with Crippen molar-refractivity contribution in [2.75, 3.05) is 21.3 Å². The van der Waals surface area contributed by atoms with E-state index in [0.29, 0.717) is 5.75 Å². The highest BCUT2D eigenvalue weighted by atomic mass is 16.5. The quantitative estimate of drug-likeness (QED) is 0.759. The Morgan fingerprint density at radius 1 is 0.917 bits per heavy atom. The molecule has 2 aromatic rings. The van der Waals surface area contributed by atoms with Crippen molar-refractivity contribution in [1.82, 2.24) is 0 Å². The second kappa shape index (κ2) is 8.01. The average molecular weight is 330 g/mol. The lowest BCUT2D eigenvalue weighted by Gasteiger charge is -2.13. The summed E-state index contributed by atoms with van der Waals surface area (Å²) < 4.78 is 20.3. The molecule has 24 heavy (non-hydrogen) atoms. The number of esters is 2. The van der Waals surface area contributed by atoms with Crippen molar-refractivity contribution >= 4 is 11.9 Å². The molecule has 0 unspecified atom stereocenters. The summed E-state index contributed by atoms with van der Waals surface area (Å²) in [6.45, 7) is 0.200. The number of carbonyl (C=O) groups excluding carboxylic acids is 2. The molecule has 2 aromatic carbocycles.